The summed E-state index contributed by atoms with van der Waals surface area (Å²) in [6.07, 6.45) is 0. The monoisotopic (exact) mass is 476 g/mol. The molecule has 1 aromatic heterocycles. The molecule has 2 amide bonds. The Bertz CT molecular complexity index is 1240. The van der Waals surface area contributed by atoms with Gasteiger partial charge in [0, 0.05) is 27.6 Å². The number of hydrogen-bond acceptors (Lipinski definition) is 7. The molecular weight excluding hydrogens is 456 g/mol. The molecule has 0 atom stereocenters. The highest BCUT2D eigenvalue weighted by Gasteiger charge is 2.14. The third kappa shape index (κ3) is 6.19. The van der Waals surface area contributed by atoms with Gasteiger partial charge in [-0.05, 0) is 53.9 Å². The lowest BCUT2D eigenvalue weighted by atomic mass is 10.2. The van der Waals surface area contributed by atoms with Gasteiger partial charge in [0.2, 0.25) is 0 Å². The van der Waals surface area contributed by atoms with Gasteiger partial charge in [0.1, 0.15) is 18.1 Å². The van der Waals surface area contributed by atoms with Gasteiger partial charge in [-0.15, -0.1) is 11.3 Å². The Morgan fingerprint density at radius 2 is 1.73 bits per heavy atom. The van der Waals surface area contributed by atoms with E-state index in [4.69, 9.17) is 9.88 Å². The van der Waals surface area contributed by atoms with Gasteiger partial charge in [0.25, 0.3) is 11.8 Å². The van der Waals surface area contributed by atoms with Gasteiger partial charge in [-0.25, -0.2) is 4.98 Å². The van der Waals surface area contributed by atoms with E-state index in [2.05, 4.69) is 15.6 Å². The average molecular weight is 477 g/mol. The number of rotatable bonds is 8. The predicted octanol–water partition coefficient (Wildman–Crippen LogP) is 5.19. The van der Waals surface area contributed by atoms with E-state index in [1.807, 2.05) is 36.4 Å². The molecule has 0 spiro atoms. The molecular formula is C24H20N4O3S2. The fourth-order valence-electron chi connectivity index (χ4n) is 2.89. The summed E-state index contributed by atoms with van der Waals surface area (Å²) in [6.45, 7) is 0.432. The molecule has 7 nitrogen and oxygen atoms in total. The van der Waals surface area contributed by atoms with Crippen LogP contribution in [0.1, 0.15) is 26.4 Å². The van der Waals surface area contributed by atoms with Crippen LogP contribution in [0.4, 0.5) is 10.8 Å². The molecule has 3 aromatic carbocycles. The molecule has 0 aliphatic heterocycles. The first-order valence-corrected chi connectivity index (χ1v) is 11.7. The zero-order valence-corrected chi connectivity index (χ0v) is 19.0. The van der Waals surface area contributed by atoms with Crippen molar-refractivity contribution in [1.29, 1.82) is 0 Å². The first-order valence-electron chi connectivity index (χ1n) is 9.92. The molecule has 0 aliphatic carbocycles. The highest BCUT2D eigenvalue weighted by molar-refractivity contribution is 7.97. The zero-order chi connectivity index (χ0) is 23.0. The Hall–Kier alpha value is -3.66. The number of aromatic nitrogens is 1. The second kappa shape index (κ2) is 10.8. The molecule has 9 heteroatoms. The summed E-state index contributed by atoms with van der Waals surface area (Å²) in [6, 6.07) is 23.9. The lowest BCUT2D eigenvalue weighted by Gasteiger charge is -2.09. The van der Waals surface area contributed by atoms with E-state index in [-0.39, 0.29) is 17.5 Å². The number of nitrogens with one attached hydrogen (secondary N) is 2. The average Bonchev–Trinajstić information content (AvgIpc) is 3.32. The smallest absolute Gasteiger partial charge is 0.275 e. The van der Waals surface area contributed by atoms with Crippen LogP contribution in [0.5, 0.6) is 5.75 Å². The molecule has 33 heavy (non-hydrogen) atoms. The van der Waals surface area contributed by atoms with E-state index >= 15 is 0 Å². The van der Waals surface area contributed by atoms with Crippen LogP contribution in [-0.4, -0.2) is 16.8 Å². The molecule has 4 N–H and O–H groups in total. The number of ether oxygens (including phenoxy) is 1. The largest absolute Gasteiger partial charge is 0.489 e. The van der Waals surface area contributed by atoms with Crippen molar-refractivity contribution in [3.8, 4) is 5.75 Å². The molecule has 0 unspecified atom stereocenters. The van der Waals surface area contributed by atoms with E-state index in [0.29, 0.717) is 28.7 Å². The Kier molecular flexibility index (Phi) is 7.36. The van der Waals surface area contributed by atoms with Crippen LogP contribution in [0.3, 0.4) is 0 Å². The molecule has 0 aliphatic rings. The second-order valence-electron chi connectivity index (χ2n) is 6.89. The van der Waals surface area contributed by atoms with Crippen molar-refractivity contribution in [2.45, 2.75) is 11.5 Å². The fraction of sp³-hybridized carbons (Fsp3) is 0.0417. The van der Waals surface area contributed by atoms with E-state index in [1.165, 1.54) is 11.3 Å². The fourth-order valence-corrected chi connectivity index (χ4v) is 3.87. The van der Waals surface area contributed by atoms with Gasteiger partial charge in [-0.3, -0.25) is 20.0 Å². The van der Waals surface area contributed by atoms with E-state index in [0.717, 1.165) is 22.4 Å². The van der Waals surface area contributed by atoms with E-state index in [1.54, 1.807) is 47.8 Å². The lowest BCUT2D eigenvalue weighted by molar-refractivity contribution is 0.101. The number of nitrogens with two attached hydrogens (primary N) is 1. The van der Waals surface area contributed by atoms with Crippen molar-refractivity contribution >= 4 is 45.9 Å². The van der Waals surface area contributed by atoms with Crippen molar-refractivity contribution < 1.29 is 14.3 Å². The normalized spacial score (nSPS) is 10.5. The number of anilines is 2. The summed E-state index contributed by atoms with van der Waals surface area (Å²) in [7, 11) is 0. The standard InChI is InChI=1S/C24H20N4O3S2/c25-33-20-11-9-17(10-12-20)22(29)28-24-27-21(15-32-24)23(30)26-18-7-4-8-19(13-18)31-14-16-5-2-1-3-6-16/h1-13,15H,14,25H2,(H,26,30)(H,27,28,29). The van der Waals surface area contributed by atoms with Crippen LogP contribution >= 0.6 is 23.3 Å². The number of amides is 2. The SMILES string of the molecule is NSc1ccc(C(=O)Nc2nc(C(=O)Nc3cccc(OCc4ccccc4)c3)cs2)cc1. The first-order chi connectivity index (χ1) is 16.1. The summed E-state index contributed by atoms with van der Waals surface area (Å²) < 4.78 is 5.80. The highest BCUT2D eigenvalue weighted by atomic mass is 32.2. The molecule has 0 saturated heterocycles. The molecule has 0 bridgehead atoms. The molecule has 4 rings (SSSR count). The van der Waals surface area contributed by atoms with Crippen molar-refractivity contribution in [3.63, 3.8) is 0 Å². The van der Waals surface area contributed by atoms with Crippen LogP contribution in [0.25, 0.3) is 0 Å². The third-order valence-electron chi connectivity index (χ3n) is 4.55. The molecule has 0 saturated carbocycles. The van der Waals surface area contributed by atoms with Gasteiger partial charge >= 0.3 is 0 Å². The lowest BCUT2D eigenvalue weighted by Crippen LogP contribution is -2.14. The summed E-state index contributed by atoms with van der Waals surface area (Å²) in [5, 5.41) is 12.9. The van der Waals surface area contributed by atoms with Crippen LogP contribution in [0.15, 0.2) is 89.1 Å². The van der Waals surface area contributed by atoms with Gasteiger partial charge in [0.15, 0.2) is 5.13 Å². The number of thiazole rings is 1. The van der Waals surface area contributed by atoms with Gasteiger partial charge in [-0.1, -0.05) is 36.4 Å². The summed E-state index contributed by atoms with van der Waals surface area (Å²) in [5.41, 5.74) is 2.32. The maximum Gasteiger partial charge on any atom is 0.275 e. The minimum absolute atomic E-state index is 0.209. The number of benzene rings is 3. The topological polar surface area (TPSA) is 106 Å². The second-order valence-corrected chi connectivity index (χ2v) is 8.46. The number of carbonyl (C=O) groups excluding carboxylic acids is 2. The van der Waals surface area contributed by atoms with Crippen LogP contribution in [-0.2, 0) is 6.61 Å². The Morgan fingerprint density at radius 1 is 0.939 bits per heavy atom. The van der Waals surface area contributed by atoms with E-state index in [9.17, 15) is 9.59 Å². The van der Waals surface area contributed by atoms with Gasteiger partial charge in [0.05, 0.1) is 0 Å². The maximum absolute atomic E-state index is 12.6. The van der Waals surface area contributed by atoms with Crippen LogP contribution < -0.4 is 20.5 Å². The van der Waals surface area contributed by atoms with Gasteiger partial charge in [-0.2, -0.15) is 0 Å². The van der Waals surface area contributed by atoms with Crippen molar-refractivity contribution in [2.75, 3.05) is 10.6 Å². The quantitative estimate of drug-likeness (QED) is 0.302. The van der Waals surface area contributed by atoms with Crippen molar-refractivity contribution in [3.05, 3.63) is 101 Å². The number of carbonyl (C=O) groups is 2. The molecule has 0 fully saturated rings. The Labute approximate surface area is 199 Å². The van der Waals surface area contributed by atoms with E-state index < -0.39 is 0 Å². The van der Waals surface area contributed by atoms with Gasteiger partial charge < -0.3 is 10.1 Å². The molecule has 166 valence electrons. The Morgan fingerprint density at radius 3 is 2.48 bits per heavy atom. The molecule has 1 heterocycles. The van der Waals surface area contributed by atoms with Crippen molar-refractivity contribution in [2.24, 2.45) is 5.14 Å². The third-order valence-corrected chi connectivity index (χ3v) is 5.85. The molecule has 0 radical (unpaired) electrons. The van der Waals surface area contributed by atoms with Crippen molar-refractivity contribution in [1.82, 2.24) is 4.98 Å². The summed E-state index contributed by atoms with van der Waals surface area (Å²) >= 11 is 2.28. The van der Waals surface area contributed by atoms with Crippen LogP contribution in [0.2, 0.25) is 0 Å². The first kappa shape index (κ1) is 22.5. The summed E-state index contributed by atoms with van der Waals surface area (Å²) in [5.74, 6) is -0.0497. The Balaban J connectivity index is 1.35. The number of nitrogens with zero attached hydrogens (tertiary/aromatic N) is 1. The number of hydrogen-bond donors (Lipinski definition) is 3. The predicted molar refractivity (Wildman–Crippen MR) is 132 cm³/mol. The summed E-state index contributed by atoms with van der Waals surface area (Å²) in [4.78, 5) is 30.1. The van der Waals surface area contributed by atoms with Crippen LogP contribution in [0, 0.1) is 0 Å². The minimum Gasteiger partial charge on any atom is -0.489 e. The highest BCUT2D eigenvalue weighted by Crippen LogP contribution is 2.21. The molecule has 4 aromatic rings. The minimum atomic E-state index is -0.378. The zero-order valence-electron chi connectivity index (χ0n) is 17.4. The maximum atomic E-state index is 12.6.